The molecule has 0 aliphatic heterocycles. The second-order valence-electron chi connectivity index (χ2n) is 8.75. The van der Waals surface area contributed by atoms with E-state index in [0.717, 1.165) is 24.3 Å². The number of primary amides is 1. The molecule has 6 nitrogen and oxygen atoms in total. The van der Waals surface area contributed by atoms with E-state index in [9.17, 15) is 36.3 Å². The van der Waals surface area contributed by atoms with E-state index in [0.29, 0.717) is 6.07 Å². The molecular formula is C25H13Cl5F5N3O3. The summed E-state index contributed by atoms with van der Waals surface area (Å²) in [4.78, 5) is 37.2. The lowest BCUT2D eigenvalue weighted by molar-refractivity contribution is -0.126. The molecule has 1 saturated carbocycles. The molecule has 0 aromatic heterocycles. The second kappa shape index (κ2) is 11.1. The van der Waals surface area contributed by atoms with Crippen LogP contribution in [0.3, 0.4) is 0 Å². The summed E-state index contributed by atoms with van der Waals surface area (Å²) in [6, 6.07) is 7.28. The topological polar surface area (TPSA) is 101 Å². The highest BCUT2D eigenvalue weighted by Crippen LogP contribution is 2.74. The van der Waals surface area contributed by atoms with Crippen LogP contribution in [0.25, 0.3) is 0 Å². The van der Waals surface area contributed by atoms with Gasteiger partial charge in [0.05, 0.1) is 26.3 Å². The number of benzene rings is 3. The summed E-state index contributed by atoms with van der Waals surface area (Å²) >= 11 is 31.0. The minimum Gasteiger partial charge on any atom is -0.369 e. The molecule has 2 unspecified atom stereocenters. The molecule has 3 amide bonds. The summed E-state index contributed by atoms with van der Waals surface area (Å²) in [5.74, 6) is -9.13. The molecule has 1 aliphatic carbocycles. The molecule has 0 heterocycles. The first-order valence-corrected chi connectivity index (χ1v) is 12.9. The van der Waals surface area contributed by atoms with Crippen molar-refractivity contribution in [3.63, 3.8) is 0 Å². The largest absolute Gasteiger partial charge is 0.369 e. The van der Waals surface area contributed by atoms with Crippen LogP contribution in [0.1, 0.15) is 27.4 Å². The molecule has 0 bridgehead atoms. The van der Waals surface area contributed by atoms with Crippen LogP contribution in [-0.2, 0) is 15.0 Å². The molecule has 16 heteroatoms. The van der Waals surface area contributed by atoms with Crippen molar-refractivity contribution in [3.05, 3.63) is 91.7 Å². The fraction of sp³-hybridized carbons (Fsp3) is 0.160. The Morgan fingerprint density at radius 2 is 1.46 bits per heavy atom. The number of carbonyl (C=O) groups is 3. The molecular weight excluding hydrogens is 663 g/mol. The third-order valence-electron chi connectivity index (χ3n) is 6.42. The first-order valence-electron chi connectivity index (χ1n) is 11.1. The fourth-order valence-electron chi connectivity index (χ4n) is 4.49. The average Bonchev–Trinajstić information content (AvgIpc) is 3.43. The van der Waals surface area contributed by atoms with Crippen LogP contribution >= 0.6 is 58.0 Å². The Kier molecular flexibility index (Phi) is 8.43. The third kappa shape index (κ3) is 5.18. The van der Waals surface area contributed by atoms with Crippen LogP contribution in [0, 0.1) is 17.5 Å². The van der Waals surface area contributed by atoms with Crippen LogP contribution < -0.4 is 16.4 Å². The van der Waals surface area contributed by atoms with Crippen molar-refractivity contribution in [1.29, 1.82) is 0 Å². The van der Waals surface area contributed by atoms with Crippen molar-refractivity contribution in [2.45, 2.75) is 22.1 Å². The highest BCUT2D eigenvalue weighted by atomic mass is 35.5. The van der Waals surface area contributed by atoms with E-state index in [1.165, 1.54) is 17.4 Å². The highest BCUT2D eigenvalue weighted by Gasteiger charge is 2.81. The number of rotatable bonds is 7. The fourth-order valence-corrected chi connectivity index (χ4v) is 6.29. The van der Waals surface area contributed by atoms with Gasteiger partial charge < -0.3 is 16.4 Å². The first kappa shape index (κ1) is 31.1. The molecule has 41 heavy (non-hydrogen) atoms. The smallest absolute Gasteiger partial charge is 0.315 e. The zero-order chi connectivity index (χ0) is 30.6. The maximum absolute atomic E-state index is 14.9. The molecule has 4 N–H and O–H groups in total. The molecule has 0 saturated heterocycles. The van der Waals surface area contributed by atoms with Gasteiger partial charge in [0, 0.05) is 5.92 Å². The van der Waals surface area contributed by atoms with Crippen molar-refractivity contribution in [3.8, 4) is 0 Å². The monoisotopic (exact) mass is 673 g/mol. The lowest BCUT2D eigenvalue weighted by Gasteiger charge is -2.18. The summed E-state index contributed by atoms with van der Waals surface area (Å²) in [5.41, 5.74) is 1.64. The minimum atomic E-state index is -3.57. The van der Waals surface area contributed by atoms with Crippen molar-refractivity contribution >= 4 is 87.1 Å². The van der Waals surface area contributed by atoms with E-state index in [2.05, 4.69) is 5.32 Å². The van der Waals surface area contributed by atoms with E-state index in [1.807, 2.05) is 0 Å². The number of nitrogens with two attached hydrogens (primary N) is 1. The molecule has 2 atom stereocenters. The van der Waals surface area contributed by atoms with Crippen LogP contribution in [-0.4, -0.2) is 28.5 Å². The number of hydrogen-bond acceptors (Lipinski definition) is 3. The van der Waals surface area contributed by atoms with Crippen molar-refractivity contribution in [2.75, 3.05) is 10.6 Å². The molecule has 1 aliphatic rings. The predicted octanol–water partition coefficient (Wildman–Crippen LogP) is 7.21. The Morgan fingerprint density at radius 3 is 2.02 bits per heavy atom. The van der Waals surface area contributed by atoms with Gasteiger partial charge >= 0.3 is 6.43 Å². The molecule has 216 valence electrons. The van der Waals surface area contributed by atoms with Crippen molar-refractivity contribution in [1.82, 2.24) is 0 Å². The van der Waals surface area contributed by atoms with Gasteiger partial charge in [-0.3, -0.25) is 14.4 Å². The number of alkyl halides is 4. The van der Waals surface area contributed by atoms with Crippen molar-refractivity contribution in [2.24, 2.45) is 5.73 Å². The van der Waals surface area contributed by atoms with E-state index in [4.69, 9.17) is 63.7 Å². The van der Waals surface area contributed by atoms with Crippen LogP contribution in [0.2, 0.25) is 15.1 Å². The van der Waals surface area contributed by atoms with Crippen molar-refractivity contribution < 1.29 is 36.3 Å². The zero-order valence-corrected chi connectivity index (χ0v) is 23.6. The van der Waals surface area contributed by atoms with Gasteiger partial charge in [0.15, 0.2) is 11.6 Å². The third-order valence-corrected chi connectivity index (χ3v) is 8.33. The van der Waals surface area contributed by atoms with Gasteiger partial charge in [0.1, 0.15) is 21.3 Å². The quantitative estimate of drug-likeness (QED) is 0.140. The zero-order valence-electron chi connectivity index (χ0n) is 19.8. The number of amides is 3. The molecule has 0 radical (unpaired) electrons. The minimum absolute atomic E-state index is 0.0180. The van der Waals surface area contributed by atoms with Crippen LogP contribution in [0.5, 0.6) is 0 Å². The lowest BCUT2D eigenvalue weighted by Crippen LogP contribution is -2.34. The normalized spacial score (nSPS) is 19.1. The van der Waals surface area contributed by atoms with Crippen LogP contribution in [0.4, 0.5) is 33.3 Å². The van der Waals surface area contributed by atoms with Crippen LogP contribution in [0.15, 0.2) is 42.5 Å². The standard InChI is InChI=1S/C25H13Cl5F5N3O3/c26-11-2-1-9(24(23(36)41)19(25(24,29)30)8-5-12(27)16(32)13(28)6-8)7-10(11)21(39)37-15-4-3-14(31)18(17(15)33)38-22(40)20(34)35/h1-7,19-20H,(H2,36,41)(H,37,39)(H,38,40). The summed E-state index contributed by atoms with van der Waals surface area (Å²) in [6.07, 6.45) is -3.57. The Morgan fingerprint density at radius 1 is 0.854 bits per heavy atom. The Labute approximate surface area is 252 Å². The molecule has 3 aromatic carbocycles. The Bertz CT molecular complexity index is 1600. The van der Waals surface area contributed by atoms with Gasteiger partial charge in [-0.2, -0.15) is 8.78 Å². The van der Waals surface area contributed by atoms with Gasteiger partial charge in [-0.25, -0.2) is 13.2 Å². The molecule has 4 rings (SSSR count). The highest BCUT2D eigenvalue weighted by molar-refractivity contribution is 6.55. The first-order chi connectivity index (χ1) is 19.0. The van der Waals surface area contributed by atoms with Gasteiger partial charge in [-0.05, 0) is 47.5 Å². The number of carbonyl (C=O) groups excluding carboxylic acids is 3. The second-order valence-corrected chi connectivity index (χ2v) is 11.4. The summed E-state index contributed by atoms with van der Waals surface area (Å²) in [6.45, 7) is 0. The van der Waals surface area contributed by atoms with E-state index in [-0.39, 0.29) is 31.8 Å². The van der Waals surface area contributed by atoms with E-state index in [1.54, 1.807) is 0 Å². The van der Waals surface area contributed by atoms with E-state index < -0.39 is 68.6 Å². The summed E-state index contributed by atoms with van der Waals surface area (Å²) in [7, 11) is 0. The van der Waals surface area contributed by atoms with Gasteiger partial charge in [-0.15, -0.1) is 0 Å². The number of hydrogen-bond donors (Lipinski definition) is 3. The number of anilines is 2. The summed E-state index contributed by atoms with van der Waals surface area (Å²) < 4.78 is 66.1. The Balaban J connectivity index is 1.74. The molecule has 3 aromatic rings. The predicted molar refractivity (Wildman–Crippen MR) is 145 cm³/mol. The number of halogens is 10. The number of nitrogens with one attached hydrogen (secondary N) is 2. The van der Waals surface area contributed by atoms with Gasteiger partial charge in [0.2, 0.25) is 5.91 Å². The maximum atomic E-state index is 14.9. The van der Waals surface area contributed by atoms with E-state index >= 15 is 0 Å². The van der Waals surface area contributed by atoms with Gasteiger partial charge in [-0.1, -0.05) is 64.1 Å². The average molecular weight is 676 g/mol. The maximum Gasteiger partial charge on any atom is 0.315 e. The van der Waals surface area contributed by atoms with Gasteiger partial charge in [0.25, 0.3) is 11.8 Å². The molecule has 0 spiro atoms. The SMILES string of the molecule is NC(=O)C1(c2ccc(Cl)c(C(=O)Nc3ccc(F)c(NC(=O)C(F)F)c3F)c2)C(c2cc(Cl)c(F)c(Cl)c2)C1(Cl)Cl. The lowest BCUT2D eigenvalue weighted by atomic mass is 9.88. The summed E-state index contributed by atoms with van der Waals surface area (Å²) in [5, 5.41) is 2.50. The molecule has 1 fully saturated rings. The Hall–Kier alpha value is -2.83.